The van der Waals surface area contributed by atoms with E-state index in [-0.39, 0.29) is 17.5 Å². The molecule has 0 radical (unpaired) electrons. The van der Waals surface area contributed by atoms with Gasteiger partial charge >= 0.3 is 0 Å². The molecule has 3 aromatic rings. The van der Waals surface area contributed by atoms with E-state index in [0.717, 1.165) is 11.4 Å². The number of fused-ring (bicyclic) bond motifs is 1. The quantitative estimate of drug-likeness (QED) is 0.588. The predicted octanol–water partition coefficient (Wildman–Crippen LogP) is 1.76. The van der Waals surface area contributed by atoms with Crippen molar-refractivity contribution in [3.05, 3.63) is 64.5 Å². The molecule has 9 heteroatoms. The summed E-state index contributed by atoms with van der Waals surface area (Å²) in [5, 5.41) is 11.5. The van der Waals surface area contributed by atoms with Gasteiger partial charge < -0.3 is 14.6 Å². The van der Waals surface area contributed by atoms with Gasteiger partial charge in [0.15, 0.2) is 11.5 Å². The summed E-state index contributed by atoms with van der Waals surface area (Å²) < 4.78 is 8.37. The Labute approximate surface area is 166 Å². The first-order chi connectivity index (χ1) is 13.6. The summed E-state index contributed by atoms with van der Waals surface area (Å²) in [4.78, 5) is 24.8. The number of hydrogen-bond acceptors (Lipinski definition) is 6. The summed E-state index contributed by atoms with van der Waals surface area (Å²) in [6, 6.07) is 8.31. The molecule has 1 amide bonds. The Kier molecular flexibility index (Phi) is 6.83. The maximum absolute atomic E-state index is 12.9. The van der Waals surface area contributed by atoms with Gasteiger partial charge in [0.05, 0.1) is 18.2 Å². The Morgan fingerprint density at radius 2 is 2.14 bits per heavy atom. The number of thioether (sulfide) groups is 1. The number of hydrogen-bond donors (Lipinski definition) is 1. The van der Waals surface area contributed by atoms with E-state index in [4.69, 9.17) is 4.74 Å². The van der Waals surface area contributed by atoms with Crippen LogP contribution in [0.5, 0.6) is 0 Å². The van der Waals surface area contributed by atoms with Gasteiger partial charge in [-0.1, -0.05) is 6.07 Å². The van der Waals surface area contributed by atoms with E-state index in [1.54, 1.807) is 25.1 Å². The topological polar surface area (TPSA) is 90.5 Å². The van der Waals surface area contributed by atoms with Crippen LogP contribution < -0.4 is 10.9 Å². The molecule has 3 heterocycles. The Morgan fingerprint density at radius 1 is 1.29 bits per heavy atom. The Morgan fingerprint density at radius 3 is 2.93 bits per heavy atom. The summed E-state index contributed by atoms with van der Waals surface area (Å²) in [6.45, 7) is 0.786. The van der Waals surface area contributed by atoms with Gasteiger partial charge in [-0.05, 0) is 36.6 Å². The molecular formula is C19H23N5O3S. The number of aromatic nitrogens is 4. The average molecular weight is 401 g/mol. The Bertz CT molecular complexity index is 1000. The molecule has 3 rings (SSSR count). The van der Waals surface area contributed by atoms with E-state index in [9.17, 15) is 9.59 Å². The van der Waals surface area contributed by atoms with Crippen LogP contribution in [-0.4, -0.2) is 50.8 Å². The monoisotopic (exact) mass is 401 g/mol. The zero-order chi connectivity index (χ0) is 19.9. The molecule has 0 aliphatic carbocycles. The standard InChI is InChI=1S/C19H23N5O3S/c1-27-11-10-23-13-14(6-7-17(23)25)19(26)20-15(8-12-28-2)18-22-21-16-5-3-4-9-24(16)18/h3-7,9,13,15H,8,10-12H2,1-2H3,(H,20,26). The van der Waals surface area contributed by atoms with E-state index >= 15 is 0 Å². The first kappa shape index (κ1) is 20.1. The highest BCUT2D eigenvalue weighted by Crippen LogP contribution is 2.19. The second kappa shape index (κ2) is 9.52. The van der Waals surface area contributed by atoms with Gasteiger partial charge in [-0.25, -0.2) is 0 Å². The zero-order valence-corrected chi connectivity index (χ0v) is 16.7. The third-order valence-corrected chi connectivity index (χ3v) is 4.99. The summed E-state index contributed by atoms with van der Waals surface area (Å²) in [5.41, 5.74) is 0.976. The lowest BCUT2D eigenvalue weighted by molar-refractivity contribution is 0.0932. The zero-order valence-electron chi connectivity index (χ0n) is 15.9. The third kappa shape index (κ3) is 4.60. The maximum atomic E-state index is 12.9. The van der Waals surface area contributed by atoms with Crippen molar-refractivity contribution in [2.24, 2.45) is 0 Å². The van der Waals surface area contributed by atoms with Crippen molar-refractivity contribution in [1.82, 2.24) is 24.5 Å². The van der Waals surface area contributed by atoms with Crippen LogP contribution >= 0.6 is 11.8 Å². The van der Waals surface area contributed by atoms with E-state index < -0.39 is 0 Å². The molecule has 3 aromatic heterocycles. The van der Waals surface area contributed by atoms with Gasteiger partial charge in [-0.2, -0.15) is 11.8 Å². The molecule has 0 aliphatic heterocycles. The summed E-state index contributed by atoms with van der Waals surface area (Å²) in [7, 11) is 1.57. The minimum absolute atomic E-state index is 0.170. The predicted molar refractivity (Wildman–Crippen MR) is 109 cm³/mol. The molecule has 8 nitrogen and oxygen atoms in total. The van der Waals surface area contributed by atoms with Crippen LogP contribution in [0.3, 0.4) is 0 Å². The number of methoxy groups -OCH3 is 1. The fraction of sp³-hybridized carbons (Fsp3) is 0.368. The molecule has 0 fully saturated rings. The van der Waals surface area contributed by atoms with Crippen LogP contribution in [0.25, 0.3) is 5.65 Å². The SMILES string of the molecule is COCCn1cc(C(=O)NC(CCSC)c2nnc3ccccn23)ccc1=O. The number of ether oxygens (including phenoxy) is 1. The molecule has 28 heavy (non-hydrogen) atoms. The number of pyridine rings is 2. The van der Waals surface area contributed by atoms with Crippen LogP contribution in [0.4, 0.5) is 0 Å². The lowest BCUT2D eigenvalue weighted by atomic mass is 10.1. The molecule has 1 N–H and O–H groups in total. The second-order valence-corrected chi connectivity index (χ2v) is 7.22. The highest BCUT2D eigenvalue weighted by atomic mass is 32.2. The molecule has 0 aromatic carbocycles. The van der Waals surface area contributed by atoms with Crippen LogP contribution in [0.2, 0.25) is 0 Å². The lowest BCUT2D eigenvalue weighted by Gasteiger charge is -2.17. The van der Waals surface area contributed by atoms with Crippen molar-refractivity contribution in [2.75, 3.05) is 25.7 Å². The van der Waals surface area contributed by atoms with Crippen LogP contribution in [-0.2, 0) is 11.3 Å². The molecule has 0 saturated carbocycles. The van der Waals surface area contributed by atoms with Crippen molar-refractivity contribution in [2.45, 2.75) is 19.0 Å². The number of nitrogens with one attached hydrogen (secondary N) is 1. The minimum atomic E-state index is -0.295. The number of carbonyl (C=O) groups is 1. The largest absolute Gasteiger partial charge is 0.383 e. The fourth-order valence-electron chi connectivity index (χ4n) is 2.87. The molecule has 0 aliphatic rings. The Balaban J connectivity index is 1.85. The fourth-order valence-corrected chi connectivity index (χ4v) is 3.34. The smallest absolute Gasteiger partial charge is 0.253 e. The van der Waals surface area contributed by atoms with Crippen molar-refractivity contribution in [3.63, 3.8) is 0 Å². The highest BCUT2D eigenvalue weighted by molar-refractivity contribution is 7.98. The van der Waals surface area contributed by atoms with Gasteiger partial charge in [0.2, 0.25) is 0 Å². The van der Waals surface area contributed by atoms with Gasteiger partial charge in [-0.3, -0.25) is 14.0 Å². The number of rotatable bonds is 9. The van der Waals surface area contributed by atoms with Crippen molar-refractivity contribution in [3.8, 4) is 0 Å². The molecule has 1 atom stereocenters. The molecule has 1 unspecified atom stereocenters. The summed E-state index contributed by atoms with van der Waals surface area (Å²) >= 11 is 1.70. The third-order valence-electron chi connectivity index (χ3n) is 4.35. The van der Waals surface area contributed by atoms with Crippen LogP contribution in [0.15, 0.2) is 47.5 Å². The lowest BCUT2D eigenvalue weighted by Crippen LogP contribution is -2.32. The van der Waals surface area contributed by atoms with Gasteiger partial charge in [0, 0.05) is 32.1 Å². The average Bonchev–Trinajstić information content (AvgIpc) is 3.14. The molecular weight excluding hydrogens is 378 g/mol. The number of carbonyl (C=O) groups excluding carboxylic acids is 1. The normalized spacial score (nSPS) is 12.2. The number of nitrogens with zero attached hydrogens (tertiary/aromatic N) is 4. The minimum Gasteiger partial charge on any atom is -0.383 e. The highest BCUT2D eigenvalue weighted by Gasteiger charge is 2.21. The van der Waals surface area contributed by atoms with Crippen molar-refractivity contribution < 1.29 is 9.53 Å². The van der Waals surface area contributed by atoms with Crippen LogP contribution in [0, 0.1) is 0 Å². The maximum Gasteiger partial charge on any atom is 0.253 e. The van der Waals surface area contributed by atoms with Gasteiger partial charge in [0.25, 0.3) is 11.5 Å². The van der Waals surface area contributed by atoms with E-state index in [0.29, 0.717) is 31.0 Å². The van der Waals surface area contributed by atoms with Crippen LogP contribution in [0.1, 0.15) is 28.6 Å². The van der Waals surface area contributed by atoms with E-state index in [1.165, 1.54) is 16.7 Å². The molecule has 0 bridgehead atoms. The first-order valence-electron chi connectivity index (χ1n) is 8.93. The van der Waals surface area contributed by atoms with E-state index in [2.05, 4.69) is 15.5 Å². The van der Waals surface area contributed by atoms with Gasteiger partial charge in [-0.15, -0.1) is 10.2 Å². The van der Waals surface area contributed by atoms with Gasteiger partial charge in [0.1, 0.15) is 0 Å². The van der Waals surface area contributed by atoms with Crippen molar-refractivity contribution in [1.29, 1.82) is 0 Å². The summed E-state index contributed by atoms with van der Waals surface area (Å²) in [6.07, 6.45) is 6.18. The second-order valence-electron chi connectivity index (χ2n) is 6.24. The molecule has 0 spiro atoms. The molecule has 0 saturated heterocycles. The van der Waals surface area contributed by atoms with E-state index in [1.807, 2.05) is 35.1 Å². The van der Waals surface area contributed by atoms with Crippen molar-refractivity contribution >= 4 is 23.3 Å². The Hall–Kier alpha value is -2.65. The first-order valence-corrected chi connectivity index (χ1v) is 10.3. The summed E-state index contributed by atoms with van der Waals surface area (Å²) in [5.74, 6) is 1.29. The molecule has 148 valence electrons. The number of amides is 1.